The van der Waals surface area contributed by atoms with Crippen molar-refractivity contribution in [1.29, 1.82) is 0 Å². The minimum atomic E-state index is -0.721. The number of aryl methyl sites for hydroxylation is 3. The number of benzene rings is 1. The van der Waals surface area contributed by atoms with Crippen LogP contribution in [0.1, 0.15) is 26.6 Å². The second-order valence-electron chi connectivity index (χ2n) is 8.87. The molecule has 0 spiro atoms. The fourth-order valence-corrected chi connectivity index (χ4v) is 5.29. The summed E-state index contributed by atoms with van der Waals surface area (Å²) in [5, 5.41) is 13.7. The van der Waals surface area contributed by atoms with Gasteiger partial charge in [-0.25, -0.2) is 9.37 Å². The number of aromatic hydroxyl groups is 1. The SMILES string of the molecule is COc1cc2nccc(Oc3ccc(NC(=O)c4c(C)nc(C)c(-c5ccc(C)s5)c4O)cc3F)c2nc1OC. The molecule has 9 nitrogen and oxygen atoms in total. The third-order valence-corrected chi connectivity index (χ3v) is 7.20. The van der Waals surface area contributed by atoms with Crippen molar-refractivity contribution in [2.45, 2.75) is 20.8 Å². The molecule has 0 radical (unpaired) electrons. The lowest BCUT2D eigenvalue weighted by atomic mass is 10.0. The molecule has 0 aliphatic rings. The molecule has 4 heterocycles. The van der Waals surface area contributed by atoms with Crippen molar-refractivity contribution >= 4 is 34.0 Å². The lowest BCUT2D eigenvalue weighted by Crippen LogP contribution is -2.15. The Morgan fingerprint density at radius 3 is 2.42 bits per heavy atom. The molecular formula is C29H25FN4O5S. The topological polar surface area (TPSA) is 116 Å². The fraction of sp³-hybridized carbons (Fsp3) is 0.172. The molecule has 0 bridgehead atoms. The lowest BCUT2D eigenvalue weighted by Gasteiger charge is -2.15. The van der Waals surface area contributed by atoms with Crippen LogP contribution in [-0.2, 0) is 0 Å². The van der Waals surface area contributed by atoms with Gasteiger partial charge in [-0.3, -0.25) is 14.8 Å². The molecule has 0 saturated carbocycles. The Labute approximate surface area is 233 Å². The van der Waals surface area contributed by atoms with Gasteiger partial charge in [0.15, 0.2) is 23.1 Å². The summed E-state index contributed by atoms with van der Waals surface area (Å²) in [6.45, 7) is 5.38. The van der Waals surface area contributed by atoms with Crippen LogP contribution < -0.4 is 19.5 Å². The van der Waals surface area contributed by atoms with Crippen LogP contribution in [0.2, 0.25) is 0 Å². The highest BCUT2D eigenvalue weighted by Crippen LogP contribution is 2.40. The summed E-state index contributed by atoms with van der Waals surface area (Å²) in [5.74, 6) is -0.718. The minimum Gasteiger partial charge on any atom is -0.506 e. The number of halogens is 1. The van der Waals surface area contributed by atoms with Gasteiger partial charge in [0.25, 0.3) is 11.8 Å². The Morgan fingerprint density at radius 1 is 0.950 bits per heavy atom. The zero-order chi connectivity index (χ0) is 28.6. The molecule has 5 rings (SSSR count). The van der Waals surface area contributed by atoms with Gasteiger partial charge in [0.1, 0.15) is 16.8 Å². The van der Waals surface area contributed by atoms with Crippen molar-refractivity contribution in [3.05, 3.63) is 76.3 Å². The number of hydrogen-bond donors (Lipinski definition) is 2. The number of carbonyl (C=O) groups excluding carboxylic acids is 1. The van der Waals surface area contributed by atoms with Crippen molar-refractivity contribution in [2.24, 2.45) is 0 Å². The second-order valence-corrected chi connectivity index (χ2v) is 10.2. The zero-order valence-electron chi connectivity index (χ0n) is 22.3. The van der Waals surface area contributed by atoms with E-state index in [2.05, 4.69) is 20.3 Å². The number of methoxy groups -OCH3 is 2. The second kappa shape index (κ2) is 10.8. The average Bonchev–Trinajstić information content (AvgIpc) is 3.34. The summed E-state index contributed by atoms with van der Waals surface area (Å²) in [5.41, 5.74) is 2.48. The summed E-state index contributed by atoms with van der Waals surface area (Å²) < 4.78 is 31.5. The van der Waals surface area contributed by atoms with Crippen molar-refractivity contribution in [2.75, 3.05) is 19.5 Å². The van der Waals surface area contributed by atoms with Crippen LogP contribution in [0.15, 0.2) is 48.7 Å². The number of nitrogens with one attached hydrogen (secondary N) is 1. The molecule has 0 fully saturated rings. The van der Waals surface area contributed by atoms with E-state index in [4.69, 9.17) is 14.2 Å². The van der Waals surface area contributed by atoms with Gasteiger partial charge < -0.3 is 24.6 Å². The summed E-state index contributed by atoms with van der Waals surface area (Å²) in [7, 11) is 2.95. The van der Waals surface area contributed by atoms with Crippen molar-refractivity contribution in [3.63, 3.8) is 0 Å². The average molecular weight is 561 g/mol. The number of amides is 1. The van der Waals surface area contributed by atoms with Crippen LogP contribution in [0, 0.1) is 26.6 Å². The molecule has 0 aliphatic carbocycles. The predicted molar refractivity (Wildman–Crippen MR) is 150 cm³/mol. The number of pyridine rings is 3. The quantitative estimate of drug-likeness (QED) is 0.229. The molecule has 11 heteroatoms. The number of carbonyl (C=O) groups is 1. The standard InChI is InChI=1S/C29H25FN4O5S/c1-14-6-9-23(40-14)24-15(2)32-16(3)25(27(24)35)28(36)33-17-7-8-20(18(30)12-17)39-21-10-11-31-19-13-22(37-4)29(38-5)34-26(19)21/h6-13H,1-5H3,(H,32,35)(H,33,36). The molecule has 0 atom stereocenters. The third kappa shape index (κ3) is 4.98. The minimum absolute atomic E-state index is 0.0195. The molecular weight excluding hydrogens is 535 g/mol. The number of thiophene rings is 1. The van der Waals surface area contributed by atoms with E-state index in [1.54, 1.807) is 26.0 Å². The summed E-state index contributed by atoms with van der Waals surface area (Å²) >= 11 is 1.49. The zero-order valence-corrected chi connectivity index (χ0v) is 23.1. The largest absolute Gasteiger partial charge is 0.506 e. The number of hydrogen-bond acceptors (Lipinski definition) is 9. The number of ether oxygens (including phenoxy) is 3. The van der Waals surface area contributed by atoms with E-state index in [0.29, 0.717) is 33.7 Å². The maximum atomic E-state index is 15.1. The molecule has 4 aromatic heterocycles. The summed E-state index contributed by atoms with van der Waals surface area (Å²) in [4.78, 5) is 28.2. The maximum absolute atomic E-state index is 15.1. The molecule has 40 heavy (non-hydrogen) atoms. The number of aromatic nitrogens is 3. The van der Waals surface area contributed by atoms with Gasteiger partial charge in [0.05, 0.1) is 31.0 Å². The molecule has 2 N–H and O–H groups in total. The highest BCUT2D eigenvalue weighted by molar-refractivity contribution is 7.15. The Kier molecular flexibility index (Phi) is 7.22. The Morgan fingerprint density at radius 2 is 1.75 bits per heavy atom. The maximum Gasteiger partial charge on any atom is 0.261 e. The van der Waals surface area contributed by atoms with Gasteiger partial charge >= 0.3 is 0 Å². The van der Waals surface area contributed by atoms with Gasteiger partial charge in [0.2, 0.25) is 0 Å². The van der Waals surface area contributed by atoms with Gasteiger partial charge in [-0.1, -0.05) is 0 Å². The lowest BCUT2D eigenvalue weighted by molar-refractivity contribution is 0.102. The first-order valence-electron chi connectivity index (χ1n) is 12.1. The van der Waals surface area contributed by atoms with Crippen LogP contribution in [0.5, 0.6) is 28.9 Å². The predicted octanol–water partition coefficient (Wildman–Crippen LogP) is 6.59. The van der Waals surface area contributed by atoms with Crippen molar-refractivity contribution < 1.29 is 28.5 Å². The number of anilines is 1. The molecule has 0 unspecified atom stereocenters. The van der Waals surface area contributed by atoms with E-state index in [0.717, 1.165) is 15.8 Å². The first-order chi connectivity index (χ1) is 19.2. The molecule has 0 aliphatic heterocycles. The van der Waals surface area contributed by atoms with Gasteiger partial charge in [0, 0.05) is 45.5 Å². The van der Waals surface area contributed by atoms with Crippen LogP contribution in [0.4, 0.5) is 10.1 Å². The highest BCUT2D eigenvalue weighted by Gasteiger charge is 2.23. The number of rotatable bonds is 7. The molecule has 1 amide bonds. The van der Waals surface area contributed by atoms with Crippen LogP contribution in [-0.4, -0.2) is 40.2 Å². The number of fused-ring (bicyclic) bond motifs is 1. The summed E-state index contributed by atoms with van der Waals surface area (Å²) in [6.07, 6.45) is 1.51. The van der Waals surface area contributed by atoms with E-state index in [9.17, 15) is 9.90 Å². The monoisotopic (exact) mass is 560 g/mol. The van der Waals surface area contributed by atoms with Gasteiger partial charge in [-0.05, 0) is 45.0 Å². The van der Waals surface area contributed by atoms with Crippen LogP contribution in [0.25, 0.3) is 21.5 Å². The Bertz CT molecular complexity index is 1770. The Balaban J connectivity index is 1.42. The van der Waals surface area contributed by atoms with Crippen LogP contribution in [0.3, 0.4) is 0 Å². The smallest absolute Gasteiger partial charge is 0.261 e. The van der Waals surface area contributed by atoms with Crippen molar-refractivity contribution in [1.82, 2.24) is 15.0 Å². The van der Waals surface area contributed by atoms with Crippen molar-refractivity contribution in [3.8, 4) is 39.3 Å². The third-order valence-electron chi connectivity index (χ3n) is 6.18. The number of nitrogens with zero attached hydrogens (tertiary/aromatic N) is 3. The van der Waals surface area contributed by atoms with E-state index >= 15 is 4.39 Å². The first kappa shape index (κ1) is 26.8. The van der Waals surface area contributed by atoms with Crippen LogP contribution >= 0.6 is 11.3 Å². The molecule has 0 saturated heterocycles. The van der Waals surface area contributed by atoms with E-state index in [1.165, 1.54) is 43.9 Å². The Hall–Kier alpha value is -4.77. The molecule has 5 aromatic rings. The molecule has 204 valence electrons. The van der Waals surface area contributed by atoms with Gasteiger partial charge in [-0.15, -0.1) is 11.3 Å². The van der Waals surface area contributed by atoms with E-state index < -0.39 is 11.7 Å². The highest BCUT2D eigenvalue weighted by atomic mass is 32.1. The molecule has 1 aromatic carbocycles. The fourth-order valence-electron chi connectivity index (χ4n) is 4.33. The normalized spacial score (nSPS) is 10.9. The summed E-state index contributed by atoms with van der Waals surface area (Å²) in [6, 6.07) is 11.0. The van der Waals surface area contributed by atoms with E-state index in [1.807, 2.05) is 19.1 Å². The first-order valence-corrected chi connectivity index (χ1v) is 12.9. The van der Waals surface area contributed by atoms with Gasteiger partial charge in [-0.2, -0.15) is 0 Å². The van der Waals surface area contributed by atoms with E-state index in [-0.39, 0.29) is 34.4 Å².